The summed E-state index contributed by atoms with van der Waals surface area (Å²) in [5.41, 5.74) is 1.05. The summed E-state index contributed by atoms with van der Waals surface area (Å²) in [5.74, 6) is 0.108. The summed E-state index contributed by atoms with van der Waals surface area (Å²) in [6.07, 6.45) is 2.25. The number of hydrogen-bond donors (Lipinski definition) is 1. The van der Waals surface area contributed by atoms with Crippen LogP contribution in [0.25, 0.3) is 0 Å². The zero-order valence-corrected chi connectivity index (χ0v) is 18.0. The van der Waals surface area contributed by atoms with Crippen molar-refractivity contribution in [3.8, 4) is 5.75 Å². The number of halogens is 1. The van der Waals surface area contributed by atoms with E-state index in [1.165, 1.54) is 12.1 Å². The van der Waals surface area contributed by atoms with Crippen molar-refractivity contribution in [1.82, 2.24) is 9.80 Å². The van der Waals surface area contributed by atoms with Gasteiger partial charge < -0.3 is 19.7 Å². The first-order valence-electron chi connectivity index (χ1n) is 11.0. The summed E-state index contributed by atoms with van der Waals surface area (Å²) in [6, 6.07) is 13.0. The molecule has 32 heavy (non-hydrogen) atoms. The monoisotopic (exact) mass is 441 g/mol. The Morgan fingerprint density at radius 1 is 1.09 bits per heavy atom. The molecule has 0 spiro atoms. The molecule has 7 nitrogen and oxygen atoms in total. The van der Waals surface area contributed by atoms with Gasteiger partial charge in [-0.2, -0.15) is 0 Å². The van der Waals surface area contributed by atoms with Crippen molar-refractivity contribution in [2.24, 2.45) is 0 Å². The zero-order chi connectivity index (χ0) is 22.3. The Morgan fingerprint density at radius 2 is 1.88 bits per heavy atom. The molecule has 2 saturated heterocycles. The first kappa shape index (κ1) is 22.2. The Hall–Kier alpha value is -2.97. The molecule has 2 fully saturated rings. The minimum atomic E-state index is -0.391. The predicted octanol–water partition coefficient (Wildman–Crippen LogP) is 2.78. The molecule has 1 N–H and O–H groups in total. The number of amides is 2. The van der Waals surface area contributed by atoms with E-state index < -0.39 is 5.82 Å². The van der Waals surface area contributed by atoms with E-state index in [0.717, 1.165) is 25.2 Å². The number of hydrogen-bond acceptors (Lipinski definition) is 5. The van der Waals surface area contributed by atoms with Gasteiger partial charge in [0, 0.05) is 44.0 Å². The smallest absolute Gasteiger partial charge is 0.253 e. The van der Waals surface area contributed by atoms with Crippen molar-refractivity contribution in [3.63, 3.8) is 0 Å². The summed E-state index contributed by atoms with van der Waals surface area (Å²) >= 11 is 0. The fourth-order valence-electron chi connectivity index (χ4n) is 3.92. The molecule has 2 aromatic rings. The maximum absolute atomic E-state index is 13.2. The second-order valence-corrected chi connectivity index (χ2v) is 8.10. The molecule has 2 aliphatic rings. The number of nitrogens with one attached hydrogen (secondary N) is 1. The van der Waals surface area contributed by atoms with E-state index in [1.807, 2.05) is 17.0 Å². The fourth-order valence-corrected chi connectivity index (χ4v) is 3.92. The minimum absolute atomic E-state index is 0.0282. The standard InChI is InChI=1S/C24H28FN3O4/c25-19-3-1-4-20(15-19)26-23(29)16-27-10-12-28(13-11-27)24(30)18-6-8-21(9-7-18)32-17-22-5-2-14-31-22/h1,3-4,6-9,15,22H,2,5,10-14,16-17H2,(H,26,29). The normalized spacial score (nSPS) is 19.0. The summed E-state index contributed by atoms with van der Waals surface area (Å²) < 4.78 is 24.6. The van der Waals surface area contributed by atoms with Gasteiger partial charge in [-0.25, -0.2) is 4.39 Å². The number of ether oxygens (including phenoxy) is 2. The van der Waals surface area contributed by atoms with Crippen LogP contribution in [-0.4, -0.2) is 73.7 Å². The van der Waals surface area contributed by atoms with E-state index in [-0.39, 0.29) is 24.5 Å². The molecule has 170 valence electrons. The molecule has 2 aromatic carbocycles. The lowest BCUT2D eigenvalue weighted by molar-refractivity contribution is -0.117. The lowest BCUT2D eigenvalue weighted by Gasteiger charge is -2.34. The summed E-state index contributed by atoms with van der Waals surface area (Å²) in [6.45, 7) is 3.83. The number of benzene rings is 2. The number of carbonyl (C=O) groups is 2. The SMILES string of the molecule is O=C(CN1CCN(C(=O)c2ccc(OCC3CCCO3)cc2)CC1)Nc1cccc(F)c1. The predicted molar refractivity (Wildman–Crippen MR) is 118 cm³/mol. The second kappa shape index (κ2) is 10.6. The minimum Gasteiger partial charge on any atom is -0.491 e. The number of rotatable bonds is 7. The highest BCUT2D eigenvalue weighted by Gasteiger charge is 2.23. The van der Waals surface area contributed by atoms with Gasteiger partial charge in [-0.05, 0) is 55.3 Å². The maximum Gasteiger partial charge on any atom is 0.253 e. The van der Waals surface area contributed by atoms with Crippen molar-refractivity contribution in [1.29, 1.82) is 0 Å². The molecule has 0 aliphatic carbocycles. The van der Waals surface area contributed by atoms with Crippen molar-refractivity contribution < 1.29 is 23.5 Å². The molecule has 0 aromatic heterocycles. The topological polar surface area (TPSA) is 71.1 Å². The Labute approximate surface area is 187 Å². The van der Waals surface area contributed by atoms with Crippen LogP contribution in [0.4, 0.5) is 10.1 Å². The molecule has 1 atom stereocenters. The third-order valence-corrected chi connectivity index (χ3v) is 5.70. The van der Waals surface area contributed by atoms with E-state index in [4.69, 9.17) is 9.47 Å². The van der Waals surface area contributed by atoms with Gasteiger partial charge in [-0.15, -0.1) is 0 Å². The average molecular weight is 442 g/mol. The number of nitrogens with zero attached hydrogens (tertiary/aromatic N) is 2. The zero-order valence-electron chi connectivity index (χ0n) is 18.0. The van der Waals surface area contributed by atoms with Crippen LogP contribution >= 0.6 is 0 Å². The van der Waals surface area contributed by atoms with Crippen LogP contribution in [0.3, 0.4) is 0 Å². The maximum atomic E-state index is 13.2. The van der Waals surface area contributed by atoms with Gasteiger partial charge in [0.25, 0.3) is 5.91 Å². The van der Waals surface area contributed by atoms with Crippen molar-refractivity contribution in [3.05, 3.63) is 59.9 Å². The summed E-state index contributed by atoms with van der Waals surface area (Å²) in [7, 11) is 0. The number of anilines is 1. The first-order chi connectivity index (χ1) is 15.6. The third kappa shape index (κ3) is 6.05. The van der Waals surface area contributed by atoms with Crippen LogP contribution < -0.4 is 10.1 Å². The molecule has 0 bridgehead atoms. The Morgan fingerprint density at radius 3 is 2.56 bits per heavy atom. The Bertz CT molecular complexity index is 923. The van der Waals surface area contributed by atoms with Crippen LogP contribution in [0.2, 0.25) is 0 Å². The highest BCUT2D eigenvalue weighted by Crippen LogP contribution is 2.18. The lowest BCUT2D eigenvalue weighted by atomic mass is 10.1. The van der Waals surface area contributed by atoms with Gasteiger partial charge in [-0.1, -0.05) is 6.07 Å². The first-order valence-corrected chi connectivity index (χ1v) is 11.0. The average Bonchev–Trinajstić information content (AvgIpc) is 3.32. The third-order valence-electron chi connectivity index (χ3n) is 5.70. The molecule has 0 radical (unpaired) electrons. The number of piperazine rings is 1. The van der Waals surface area contributed by atoms with Crippen LogP contribution in [0.15, 0.2) is 48.5 Å². The van der Waals surface area contributed by atoms with Crippen molar-refractivity contribution in [2.75, 3.05) is 51.3 Å². The van der Waals surface area contributed by atoms with E-state index in [1.54, 1.807) is 29.2 Å². The van der Waals surface area contributed by atoms with Gasteiger partial charge in [-0.3, -0.25) is 14.5 Å². The molecule has 2 aliphatic heterocycles. The van der Waals surface area contributed by atoms with Crippen LogP contribution in [0, 0.1) is 5.82 Å². The fraction of sp³-hybridized carbons (Fsp3) is 0.417. The van der Waals surface area contributed by atoms with Gasteiger partial charge >= 0.3 is 0 Å². The molecule has 0 saturated carbocycles. The van der Waals surface area contributed by atoms with Crippen molar-refractivity contribution >= 4 is 17.5 Å². The molecule has 2 amide bonds. The van der Waals surface area contributed by atoms with Crippen LogP contribution in [0.1, 0.15) is 23.2 Å². The van der Waals surface area contributed by atoms with Crippen LogP contribution in [-0.2, 0) is 9.53 Å². The second-order valence-electron chi connectivity index (χ2n) is 8.10. The molecule has 4 rings (SSSR count). The van der Waals surface area contributed by atoms with E-state index in [2.05, 4.69) is 5.32 Å². The highest BCUT2D eigenvalue weighted by molar-refractivity contribution is 5.94. The van der Waals surface area contributed by atoms with E-state index in [0.29, 0.717) is 44.0 Å². The van der Waals surface area contributed by atoms with Gasteiger partial charge in [0.1, 0.15) is 18.2 Å². The van der Waals surface area contributed by atoms with Gasteiger partial charge in [0.15, 0.2) is 0 Å². The van der Waals surface area contributed by atoms with Gasteiger partial charge in [0.05, 0.1) is 12.6 Å². The van der Waals surface area contributed by atoms with E-state index in [9.17, 15) is 14.0 Å². The molecule has 2 heterocycles. The Balaban J connectivity index is 1.21. The van der Waals surface area contributed by atoms with E-state index >= 15 is 0 Å². The molecular formula is C24H28FN3O4. The van der Waals surface area contributed by atoms with Gasteiger partial charge in [0.2, 0.25) is 5.91 Å². The lowest BCUT2D eigenvalue weighted by Crippen LogP contribution is -2.50. The highest BCUT2D eigenvalue weighted by atomic mass is 19.1. The largest absolute Gasteiger partial charge is 0.491 e. The number of carbonyl (C=O) groups excluding carboxylic acids is 2. The van der Waals surface area contributed by atoms with Crippen LogP contribution in [0.5, 0.6) is 5.75 Å². The Kier molecular flexibility index (Phi) is 7.34. The quantitative estimate of drug-likeness (QED) is 0.716. The molecule has 1 unspecified atom stereocenters. The van der Waals surface area contributed by atoms with Crippen molar-refractivity contribution in [2.45, 2.75) is 18.9 Å². The molecule has 8 heteroatoms. The summed E-state index contributed by atoms with van der Waals surface area (Å²) in [5, 5.41) is 2.70. The molecular weight excluding hydrogens is 413 g/mol. The summed E-state index contributed by atoms with van der Waals surface area (Å²) in [4.78, 5) is 28.8.